The molecule has 0 radical (unpaired) electrons. The molecule has 1 amide bonds. The molecule has 23 heavy (non-hydrogen) atoms. The second-order valence-electron chi connectivity index (χ2n) is 6.04. The van der Waals surface area contributed by atoms with Gasteiger partial charge in [0, 0.05) is 37.6 Å². The van der Waals surface area contributed by atoms with Crippen molar-refractivity contribution < 1.29 is 4.79 Å². The summed E-state index contributed by atoms with van der Waals surface area (Å²) in [6, 6.07) is 7.93. The van der Waals surface area contributed by atoms with E-state index in [1.807, 2.05) is 31.3 Å². The summed E-state index contributed by atoms with van der Waals surface area (Å²) in [5.74, 6) is 1.23. The Balaban J connectivity index is 1.68. The summed E-state index contributed by atoms with van der Waals surface area (Å²) in [7, 11) is 1.82. The number of aliphatic imine (C=N–C) groups is 1. The molecule has 0 heterocycles. The van der Waals surface area contributed by atoms with Crippen LogP contribution >= 0.6 is 15.9 Å². The second-order valence-corrected chi connectivity index (χ2v) is 6.90. The summed E-state index contributed by atoms with van der Waals surface area (Å²) in [5, 5.41) is 3.02. The predicted octanol–water partition coefficient (Wildman–Crippen LogP) is 2.50. The average molecular weight is 381 g/mol. The lowest BCUT2D eigenvalue weighted by Gasteiger charge is -2.23. The molecule has 6 heteroatoms. The third kappa shape index (κ3) is 5.86. The minimum atomic E-state index is 0.0834. The Hall–Kier alpha value is -1.56. The quantitative estimate of drug-likeness (QED) is 0.563. The van der Waals surface area contributed by atoms with Gasteiger partial charge in [-0.05, 0) is 30.4 Å². The van der Waals surface area contributed by atoms with Gasteiger partial charge >= 0.3 is 0 Å². The van der Waals surface area contributed by atoms with E-state index in [2.05, 4.69) is 26.2 Å². The van der Waals surface area contributed by atoms with Gasteiger partial charge in [-0.25, -0.2) is 0 Å². The zero-order valence-electron chi connectivity index (χ0n) is 13.6. The van der Waals surface area contributed by atoms with Crippen molar-refractivity contribution in [3.63, 3.8) is 0 Å². The van der Waals surface area contributed by atoms with Crippen molar-refractivity contribution in [3.05, 3.63) is 34.3 Å². The number of benzene rings is 1. The fourth-order valence-electron chi connectivity index (χ4n) is 2.42. The number of carbonyl (C=O) groups is 1. The van der Waals surface area contributed by atoms with Gasteiger partial charge in [0.1, 0.15) is 0 Å². The molecule has 2 rings (SSSR count). The molecule has 0 spiro atoms. The monoisotopic (exact) mass is 380 g/mol. The van der Waals surface area contributed by atoms with Crippen LogP contribution < -0.4 is 11.1 Å². The van der Waals surface area contributed by atoms with Crippen LogP contribution in [0.15, 0.2) is 33.7 Å². The summed E-state index contributed by atoms with van der Waals surface area (Å²) in [6.45, 7) is 1.90. The van der Waals surface area contributed by atoms with Gasteiger partial charge < -0.3 is 16.0 Å². The number of rotatable bonds is 7. The fourth-order valence-corrected chi connectivity index (χ4v) is 2.83. The predicted molar refractivity (Wildman–Crippen MR) is 97.1 cm³/mol. The highest BCUT2D eigenvalue weighted by molar-refractivity contribution is 9.10. The van der Waals surface area contributed by atoms with Crippen LogP contribution in [0.3, 0.4) is 0 Å². The van der Waals surface area contributed by atoms with Gasteiger partial charge in [-0.2, -0.15) is 0 Å². The van der Waals surface area contributed by atoms with Crippen LogP contribution in [0.4, 0.5) is 0 Å². The lowest BCUT2D eigenvalue weighted by Crippen LogP contribution is -2.36. The Bertz CT molecular complexity index is 557. The number of nitrogens with zero attached hydrogens (tertiary/aromatic N) is 2. The lowest BCUT2D eigenvalue weighted by molar-refractivity contribution is -0.130. The van der Waals surface area contributed by atoms with Crippen LogP contribution in [0, 0.1) is 5.92 Å². The molecule has 0 aliphatic heterocycles. The first-order valence-corrected chi connectivity index (χ1v) is 8.86. The SMILES string of the molecule is CN(Cc1ccccc1Br)C(=O)CCNC(N)=NCC1CCC1. The first-order chi connectivity index (χ1) is 11.1. The highest BCUT2D eigenvalue weighted by atomic mass is 79.9. The highest BCUT2D eigenvalue weighted by Gasteiger charge is 2.16. The van der Waals surface area contributed by atoms with Crippen molar-refractivity contribution in [1.82, 2.24) is 10.2 Å². The van der Waals surface area contributed by atoms with Crippen LogP contribution in [-0.2, 0) is 11.3 Å². The smallest absolute Gasteiger partial charge is 0.224 e. The van der Waals surface area contributed by atoms with E-state index in [1.165, 1.54) is 19.3 Å². The van der Waals surface area contributed by atoms with Crippen molar-refractivity contribution >= 4 is 27.8 Å². The number of halogens is 1. The maximum atomic E-state index is 12.2. The summed E-state index contributed by atoms with van der Waals surface area (Å²) in [4.78, 5) is 18.2. The molecule has 1 saturated carbocycles. The van der Waals surface area contributed by atoms with Crippen LogP contribution in [0.1, 0.15) is 31.2 Å². The van der Waals surface area contributed by atoms with E-state index in [9.17, 15) is 4.79 Å². The largest absolute Gasteiger partial charge is 0.370 e. The number of hydrogen-bond acceptors (Lipinski definition) is 2. The zero-order valence-corrected chi connectivity index (χ0v) is 15.2. The molecule has 0 atom stereocenters. The third-order valence-corrected chi connectivity index (χ3v) is 4.95. The summed E-state index contributed by atoms with van der Waals surface area (Å²) >= 11 is 3.50. The molecule has 0 unspecified atom stereocenters. The maximum absolute atomic E-state index is 12.2. The third-order valence-electron chi connectivity index (χ3n) is 4.18. The van der Waals surface area contributed by atoms with Gasteiger partial charge in [-0.15, -0.1) is 0 Å². The fraction of sp³-hybridized carbons (Fsp3) is 0.529. The van der Waals surface area contributed by atoms with E-state index in [4.69, 9.17) is 5.73 Å². The Morgan fingerprint density at radius 1 is 1.43 bits per heavy atom. The zero-order chi connectivity index (χ0) is 16.7. The van der Waals surface area contributed by atoms with Crippen molar-refractivity contribution in [3.8, 4) is 0 Å². The van der Waals surface area contributed by atoms with Crippen molar-refractivity contribution in [2.24, 2.45) is 16.6 Å². The first-order valence-electron chi connectivity index (χ1n) is 8.07. The van der Waals surface area contributed by atoms with E-state index < -0.39 is 0 Å². The van der Waals surface area contributed by atoms with Crippen LogP contribution in [0.5, 0.6) is 0 Å². The molecule has 0 saturated heterocycles. The number of amides is 1. The molecular formula is C17H25BrN4O. The summed E-state index contributed by atoms with van der Waals surface area (Å²) in [5.41, 5.74) is 6.91. The molecule has 1 fully saturated rings. The average Bonchev–Trinajstić information content (AvgIpc) is 2.47. The minimum Gasteiger partial charge on any atom is -0.370 e. The molecule has 126 valence electrons. The van der Waals surface area contributed by atoms with E-state index in [1.54, 1.807) is 4.90 Å². The molecular weight excluding hydrogens is 356 g/mol. The number of nitrogens with one attached hydrogen (secondary N) is 1. The Kier molecular flexibility index (Phi) is 6.89. The molecule has 0 bridgehead atoms. The molecule has 1 aliphatic rings. The molecule has 5 nitrogen and oxygen atoms in total. The number of hydrogen-bond donors (Lipinski definition) is 2. The van der Waals surface area contributed by atoms with Gasteiger partial charge in [-0.3, -0.25) is 9.79 Å². The topological polar surface area (TPSA) is 70.7 Å². The van der Waals surface area contributed by atoms with Gasteiger partial charge in [0.2, 0.25) is 5.91 Å². The van der Waals surface area contributed by atoms with Crippen molar-refractivity contribution in [2.75, 3.05) is 20.1 Å². The van der Waals surface area contributed by atoms with Crippen LogP contribution in [-0.4, -0.2) is 36.9 Å². The van der Waals surface area contributed by atoms with Gasteiger partial charge in [-0.1, -0.05) is 40.5 Å². The molecule has 1 aromatic carbocycles. The van der Waals surface area contributed by atoms with Gasteiger partial charge in [0.15, 0.2) is 5.96 Å². The van der Waals surface area contributed by atoms with E-state index in [0.29, 0.717) is 31.4 Å². The Labute approximate surface area is 146 Å². The normalized spacial score (nSPS) is 15.1. The van der Waals surface area contributed by atoms with E-state index in [0.717, 1.165) is 16.6 Å². The Morgan fingerprint density at radius 3 is 2.83 bits per heavy atom. The summed E-state index contributed by atoms with van der Waals surface area (Å²) in [6.07, 6.45) is 4.23. The molecule has 0 aromatic heterocycles. The van der Waals surface area contributed by atoms with Gasteiger partial charge in [0.05, 0.1) is 0 Å². The van der Waals surface area contributed by atoms with Crippen molar-refractivity contribution in [2.45, 2.75) is 32.2 Å². The van der Waals surface area contributed by atoms with Gasteiger partial charge in [0.25, 0.3) is 0 Å². The van der Waals surface area contributed by atoms with Crippen molar-refractivity contribution in [1.29, 1.82) is 0 Å². The number of guanidine groups is 1. The molecule has 1 aliphatic carbocycles. The maximum Gasteiger partial charge on any atom is 0.224 e. The molecule has 3 N–H and O–H groups in total. The second kappa shape index (κ2) is 8.91. The van der Waals surface area contributed by atoms with E-state index >= 15 is 0 Å². The number of carbonyl (C=O) groups excluding carboxylic acids is 1. The number of nitrogens with two attached hydrogens (primary N) is 1. The van der Waals surface area contributed by atoms with Crippen LogP contribution in [0.25, 0.3) is 0 Å². The highest BCUT2D eigenvalue weighted by Crippen LogP contribution is 2.26. The summed E-state index contributed by atoms with van der Waals surface area (Å²) < 4.78 is 1.02. The first kappa shape index (κ1) is 17.8. The minimum absolute atomic E-state index is 0.0834. The Morgan fingerprint density at radius 2 is 2.17 bits per heavy atom. The lowest BCUT2D eigenvalue weighted by atomic mass is 9.86. The van der Waals surface area contributed by atoms with Crippen LogP contribution in [0.2, 0.25) is 0 Å². The molecule has 1 aromatic rings. The van der Waals surface area contributed by atoms with E-state index in [-0.39, 0.29) is 5.91 Å². The standard InChI is InChI=1S/C17H25BrN4O/c1-22(12-14-7-2-3-8-15(14)18)16(23)9-10-20-17(19)21-11-13-5-4-6-13/h2-3,7-8,13H,4-6,9-12H2,1H3,(H3,19,20,21).